The Morgan fingerprint density at radius 3 is 3.05 bits per heavy atom. The Morgan fingerprint density at radius 2 is 2.25 bits per heavy atom. The van der Waals surface area contributed by atoms with E-state index in [9.17, 15) is 4.79 Å². The molecule has 0 aromatic heterocycles. The highest BCUT2D eigenvalue weighted by atomic mass is 32.2. The molecule has 0 N–H and O–H groups in total. The average Bonchev–Trinajstić information content (AvgIpc) is 2.89. The zero-order valence-corrected chi connectivity index (χ0v) is 12.7. The van der Waals surface area contributed by atoms with Crippen LogP contribution in [-0.4, -0.2) is 42.4 Å². The molecular formula is C16H21NO2S. The smallest absolute Gasteiger partial charge is 0.323 e. The lowest BCUT2D eigenvalue weighted by molar-refractivity contribution is -0.148. The zero-order chi connectivity index (χ0) is 13.9. The number of hydrogen-bond acceptors (Lipinski definition) is 4. The highest BCUT2D eigenvalue weighted by molar-refractivity contribution is 8.00. The van der Waals surface area contributed by atoms with E-state index in [-0.39, 0.29) is 12.0 Å². The van der Waals surface area contributed by atoms with Crippen molar-refractivity contribution in [3.63, 3.8) is 0 Å². The molecule has 1 fully saturated rings. The molecule has 3 rings (SSSR count). The summed E-state index contributed by atoms with van der Waals surface area (Å²) in [5.41, 5.74) is 1.45. The van der Waals surface area contributed by atoms with Crippen LogP contribution in [0.4, 0.5) is 0 Å². The number of fused-ring (bicyclic) bond motifs is 1. The molecule has 2 atom stereocenters. The molecule has 0 bridgehead atoms. The van der Waals surface area contributed by atoms with Crippen molar-refractivity contribution in [2.45, 2.75) is 41.9 Å². The molecule has 0 spiro atoms. The zero-order valence-electron chi connectivity index (χ0n) is 11.9. The summed E-state index contributed by atoms with van der Waals surface area (Å²) in [7, 11) is 1.50. The third-order valence-electron chi connectivity index (χ3n) is 4.24. The first kappa shape index (κ1) is 14.0. The Balaban J connectivity index is 1.64. The van der Waals surface area contributed by atoms with Gasteiger partial charge in [0.05, 0.1) is 7.11 Å². The summed E-state index contributed by atoms with van der Waals surface area (Å²) in [6.45, 7) is 2.01. The number of methoxy groups -OCH3 is 1. The summed E-state index contributed by atoms with van der Waals surface area (Å²) < 4.78 is 4.96. The molecule has 0 aliphatic carbocycles. The van der Waals surface area contributed by atoms with Gasteiger partial charge in [-0.15, -0.1) is 11.8 Å². The van der Waals surface area contributed by atoms with E-state index in [1.807, 2.05) is 11.8 Å². The Bertz CT molecular complexity index is 466. The van der Waals surface area contributed by atoms with Gasteiger partial charge in [-0.25, -0.2) is 0 Å². The van der Waals surface area contributed by atoms with Gasteiger partial charge in [0.2, 0.25) is 0 Å². The molecule has 2 aliphatic heterocycles. The van der Waals surface area contributed by atoms with Crippen LogP contribution in [0.1, 0.15) is 24.8 Å². The topological polar surface area (TPSA) is 29.5 Å². The van der Waals surface area contributed by atoms with Gasteiger partial charge in [0.25, 0.3) is 0 Å². The Labute approximate surface area is 124 Å². The van der Waals surface area contributed by atoms with Crippen molar-refractivity contribution in [3.05, 3.63) is 29.8 Å². The van der Waals surface area contributed by atoms with Crippen LogP contribution in [0.15, 0.2) is 29.2 Å². The fourth-order valence-corrected chi connectivity index (χ4v) is 4.58. The van der Waals surface area contributed by atoms with Crippen LogP contribution >= 0.6 is 11.8 Å². The van der Waals surface area contributed by atoms with E-state index in [0.29, 0.717) is 5.25 Å². The minimum atomic E-state index is -0.0646. The summed E-state index contributed by atoms with van der Waals surface area (Å²) in [5.74, 6) is -0.0646. The molecule has 1 saturated heterocycles. The maximum Gasteiger partial charge on any atom is 0.323 e. The molecule has 0 radical (unpaired) electrons. The van der Waals surface area contributed by atoms with E-state index >= 15 is 0 Å². The SMILES string of the molecule is COC(=O)C1CCCCN1CC1Cc2ccccc2S1. The molecule has 2 unspecified atom stereocenters. The lowest BCUT2D eigenvalue weighted by atomic mass is 10.0. The van der Waals surface area contributed by atoms with E-state index in [0.717, 1.165) is 32.4 Å². The van der Waals surface area contributed by atoms with Crippen molar-refractivity contribution in [2.24, 2.45) is 0 Å². The Morgan fingerprint density at radius 1 is 1.40 bits per heavy atom. The summed E-state index contributed by atoms with van der Waals surface area (Å²) in [4.78, 5) is 15.6. The second-order valence-corrected chi connectivity index (χ2v) is 6.92. The van der Waals surface area contributed by atoms with E-state index in [1.165, 1.54) is 24.0 Å². The molecule has 4 heteroatoms. The second kappa shape index (κ2) is 6.19. The molecule has 20 heavy (non-hydrogen) atoms. The first-order valence-corrected chi connectivity index (χ1v) is 8.22. The second-order valence-electron chi connectivity index (χ2n) is 5.58. The lowest BCUT2D eigenvalue weighted by Crippen LogP contribution is -2.47. The Kier molecular flexibility index (Phi) is 4.32. The van der Waals surface area contributed by atoms with E-state index in [4.69, 9.17) is 4.74 Å². The molecule has 3 nitrogen and oxygen atoms in total. The molecule has 0 amide bonds. The van der Waals surface area contributed by atoms with Gasteiger partial charge in [0.15, 0.2) is 0 Å². The number of rotatable bonds is 3. The fraction of sp³-hybridized carbons (Fsp3) is 0.562. The van der Waals surface area contributed by atoms with Gasteiger partial charge in [-0.05, 0) is 37.4 Å². The number of carbonyl (C=O) groups is 1. The molecule has 108 valence electrons. The minimum Gasteiger partial charge on any atom is -0.468 e. The van der Waals surface area contributed by atoms with Crippen LogP contribution in [-0.2, 0) is 16.0 Å². The van der Waals surface area contributed by atoms with Crippen molar-refractivity contribution in [3.8, 4) is 0 Å². The maximum absolute atomic E-state index is 11.9. The van der Waals surface area contributed by atoms with Gasteiger partial charge in [0.1, 0.15) is 6.04 Å². The number of piperidine rings is 1. The number of thioether (sulfide) groups is 1. The Hall–Kier alpha value is -1.00. The van der Waals surface area contributed by atoms with Gasteiger partial charge < -0.3 is 4.74 Å². The van der Waals surface area contributed by atoms with E-state index in [2.05, 4.69) is 29.2 Å². The van der Waals surface area contributed by atoms with Crippen LogP contribution < -0.4 is 0 Å². The molecule has 2 aliphatic rings. The summed E-state index contributed by atoms with van der Waals surface area (Å²) in [6, 6.07) is 8.61. The third-order valence-corrected chi connectivity index (χ3v) is 5.54. The third kappa shape index (κ3) is 2.86. The fourth-order valence-electron chi connectivity index (χ4n) is 3.23. The van der Waals surface area contributed by atoms with Crippen molar-refractivity contribution >= 4 is 17.7 Å². The number of carbonyl (C=O) groups excluding carboxylic acids is 1. The number of ether oxygens (including phenoxy) is 1. The van der Waals surface area contributed by atoms with Crippen molar-refractivity contribution in [1.82, 2.24) is 4.90 Å². The van der Waals surface area contributed by atoms with Crippen LogP contribution in [0, 0.1) is 0 Å². The van der Waals surface area contributed by atoms with Crippen LogP contribution in [0.3, 0.4) is 0 Å². The number of benzene rings is 1. The van der Waals surface area contributed by atoms with E-state index < -0.39 is 0 Å². The van der Waals surface area contributed by atoms with Crippen molar-refractivity contribution in [2.75, 3.05) is 20.2 Å². The predicted octanol–water partition coefficient (Wildman–Crippen LogP) is 2.73. The highest BCUT2D eigenvalue weighted by Gasteiger charge is 2.32. The number of likely N-dealkylation sites (tertiary alicyclic amines) is 1. The van der Waals surface area contributed by atoms with Crippen LogP contribution in [0.25, 0.3) is 0 Å². The quantitative estimate of drug-likeness (QED) is 0.801. The first-order valence-electron chi connectivity index (χ1n) is 7.34. The first-order chi connectivity index (χ1) is 9.78. The monoisotopic (exact) mass is 291 g/mol. The van der Waals surface area contributed by atoms with Crippen LogP contribution in [0.2, 0.25) is 0 Å². The maximum atomic E-state index is 11.9. The summed E-state index contributed by atoms with van der Waals surface area (Å²) in [5, 5.41) is 0.567. The molecule has 0 saturated carbocycles. The number of nitrogens with zero attached hydrogens (tertiary/aromatic N) is 1. The van der Waals surface area contributed by atoms with Gasteiger partial charge in [0, 0.05) is 16.7 Å². The van der Waals surface area contributed by atoms with Gasteiger partial charge in [-0.3, -0.25) is 9.69 Å². The van der Waals surface area contributed by atoms with Gasteiger partial charge >= 0.3 is 5.97 Å². The lowest BCUT2D eigenvalue weighted by Gasteiger charge is -2.35. The largest absolute Gasteiger partial charge is 0.468 e. The van der Waals surface area contributed by atoms with Crippen LogP contribution in [0.5, 0.6) is 0 Å². The summed E-state index contributed by atoms with van der Waals surface area (Å²) >= 11 is 1.96. The molecular weight excluding hydrogens is 270 g/mol. The van der Waals surface area contributed by atoms with Crippen molar-refractivity contribution in [1.29, 1.82) is 0 Å². The number of hydrogen-bond donors (Lipinski definition) is 0. The minimum absolute atomic E-state index is 0.0296. The van der Waals surface area contributed by atoms with Gasteiger partial charge in [-0.2, -0.15) is 0 Å². The summed E-state index contributed by atoms with van der Waals surface area (Å²) in [6.07, 6.45) is 4.38. The highest BCUT2D eigenvalue weighted by Crippen LogP contribution is 2.37. The van der Waals surface area contributed by atoms with E-state index in [1.54, 1.807) is 0 Å². The number of esters is 1. The average molecular weight is 291 g/mol. The van der Waals surface area contributed by atoms with Gasteiger partial charge in [-0.1, -0.05) is 24.6 Å². The predicted molar refractivity (Wildman–Crippen MR) is 81.0 cm³/mol. The van der Waals surface area contributed by atoms with Crippen molar-refractivity contribution < 1.29 is 9.53 Å². The molecule has 2 heterocycles. The standard InChI is InChI=1S/C16H21NO2S/c1-19-16(18)14-7-4-5-9-17(14)11-13-10-12-6-2-3-8-15(12)20-13/h2-3,6,8,13-14H,4-5,7,9-11H2,1H3. The molecule has 1 aromatic rings. The normalized spacial score (nSPS) is 26.2. The molecule has 1 aromatic carbocycles.